The summed E-state index contributed by atoms with van der Waals surface area (Å²) < 4.78 is 5.22. The van der Waals surface area contributed by atoms with Crippen LogP contribution >= 0.6 is 0 Å². The molecule has 128 valence electrons. The largest absolute Gasteiger partial charge is 0.497 e. The van der Waals surface area contributed by atoms with Crippen molar-refractivity contribution in [1.82, 2.24) is 9.97 Å². The SMILES string of the molecule is COc1ccc(N[C@H]2CCCN(c3cnc4ccccc4n3)C2)cc1. The topological polar surface area (TPSA) is 50.3 Å². The molecule has 0 spiro atoms. The lowest BCUT2D eigenvalue weighted by Gasteiger charge is -2.34. The zero-order valence-corrected chi connectivity index (χ0v) is 14.4. The number of ether oxygens (including phenoxy) is 1. The van der Waals surface area contributed by atoms with E-state index >= 15 is 0 Å². The molecule has 5 heteroatoms. The van der Waals surface area contributed by atoms with Crippen LogP contribution in [0.3, 0.4) is 0 Å². The molecule has 3 aromatic rings. The molecule has 2 heterocycles. The molecule has 0 amide bonds. The number of piperidine rings is 1. The first-order chi connectivity index (χ1) is 12.3. The van der Waals surface area contributed by atoms with Crippen molar-refractivity contribution in [2.75, 3.05) is 30.4 Å². The van der Waals surface area contributed by atoms with Crippen LogP contribution in [-0.4, -0.2) is 36.2 Å². The zero-order chi connectivity index (χ0) is 17.1. The highest BCUT2D eigenvalue weighted by Crippen LogP contribution is 2.23. The summed E-state index contributed by atoms with van der Waals surface area (Å²) in [6.07, 6.45) is 4.18. The predicted octanol–water partition coefficient (Wildman–Crippen LogP) is 3.72. The average Bonchev–Trinajstić information content (AvgIpc) is 2.68. The van der Waals surface area contributed by atoms with E-state index in [-0.39, 0.29) is 0 Å². The Kier molecular flexibility index (Phi) is 4.37. The van der Waals surface area contributed by atoms with Crippen LogP contribution in [0, 0.1) is 0 Å². The first-order valence-corrected chi connectivity index (χ1v) is 8.69. The molecule has 4 rings (SSSR count). The highest BCUT2D eigenvalue weighted by atomic mass is 16.5. The fraction of sp³-hybridized carbons (Fsp3) is 0.300. The molecule has 1 atom stereocenters. The summed E-state index contributed by atoms with van der Waals surface area (Å²) >= 11 is 0. The smallest absolute Gasteiger partial charge is 0.147 e. The predicted molar refractivity (Wildman–Crippen MR) is 101 cm³/mol. The molecule has 5 nitrogen and oxygen atoms in total. The number of aromatic nitrogens is 2. The van der Waals surface area contributed by atoms with Crippen molar-refractivity contribution in [2.24, 2.45) is 0 Å². The standard InChI is InChI=1S/C20H22N4O/c1-25-17-10-8-15(9-11-17)22-16-5-4-12-24(14-16)20-13-21-18-6-2-3-7-19(18)23-20/h2-3,6-11,13,16,22H,4-5,12,14H2,1H3/t16-/m0/s1. The van der Waals surface area contributed by atoms with Crippen molar-refractivity contribution in [1.29, 1.82) is 0 Å². The molecule has 25 heavy (non-hydrogen) atoms. The van der Waals surface area contributed by atoms with Crippen molar-refractivity contribution in [2.45, 2.75) is 18.9 Å². The average molecular weight is 334 g/mol. The van der Waals surface area contributed by atoms with Gasteiger partial charge in [0, 0.05) is 24.8 Å². The number of anilines is 2. The Morgan fingerprint density at radius 1 is 1.08 bits per heavy atom. The Bertz CT molecular complexity index is 850. The van der Waals surface area contributed by atoms with Crippen molar-refractivity contribution in [3.8, 4) is 5.75 Å². The first kappa shape index (κ1) is 15.7. The van der Waals surface area contributed by atoms with Gasteiger partial charge in [-0.05, 0) is 49.2 Å². The molecule has 0 aliphatic carbocycles. The van der Waals surface area contributed by atoms with Crippen LogP contribution in [0.15, 0.2) is 54.7 Å². The molecular weight excluding hydrogens is 312 g/mol. The van der Waals surface area contributed by atoms with Gasteiger partial charge in [-0.15, -0.1) is 0 Å². The number of hydrogen-bond donors (Lipinski definition) is 1. The van der Waals surface area contributed by atoms with E-state index in [1.54, 1.807) is 7.11 Å². The Hall–Kier alpha value is -2.82. The van der Waals surface area contributed by atoms with E-state index in [2.05, 4.69) is 27.3 Å². The molecule has 0 bridgehead atoms. The van der Waals surface area contributed by atoms with Gasteiger partial charge in [-0.3, -0.25) is 4.98 Å². The fourth-order valence-electron chi connectivity index (χ4n) is 3.33. The number of para-hydroxylation sites is 2. The normalized spacial score (nSPS) is 17.5. The molecule has 0 radical (unpaired) electrons. The number of nitrogens with zero attached hydrogens (tertiary/aromatic N) is 3. The lowest BCUT2D eigenvalue weighted by Crippen LogP contribution is -2.42. The van der Waals surface area contributed by atoms with Crippen LogP contribution < -0.4 is 15.0 Å². The van der Waals surface area contributed by atoms with Gasteiger partial charge in [0.1, 0.15) is 11.6 Å². The third-order valence-corrected chi connectivity index (χ3v) is 4.64. The summed E-state index contributed by atoms with van der Waals surface area (Å²) in [6, 6.07) is 16.5. The minimum Gasteiger partial charge on any atom is -0.497 e. The Morgan fingerprint density at radius 2 is 1.88 bits per heavy atom. The lowest BCUT2D eigenvalue weighted by molar-refractivity contribution is 0.415. The fourth-order valence-corrected chi connectivity index (χ4v) is 3.33. The Morgan fingerprint density at radius 3 is 2.68 bits per heavy atom. The van der Waals surface area contributed by atoms with E-state index in [4.69, 9.17) is 9.72 Å². The van der Waals surface area contributed by atoms with Crippen LogP contribution in [0.1, 0.15) is 12.8 Å². The first-order valence-electron chi connectivity index (χ1n) is 8.69. The summed E-state index contributed by atoms with van der Waals surface area (Å²) in [5.41, 5.74) is 3.01. The molecule has 1 aliphatic heterocycles. The number of rotatable bonds is 4. The summed E-state index contributed by atoms with van der Waals surface area (Å²) in [5.74, 6) is 1.84. The minimum absolute atomic E-state index is 0.399. The van der Waals surface area contributed by atoms with Gasteiger partial charge in [-0.2, -0.15) is 0 Å². The third-order valence-electron chi connectivity index (χ3n) is 4.64. The second-order valence-corrected chi connectivity index (χ2v) is 6.37. The molecule has 1 fully saturated rings. The monoisotopic (exact) mass is 334 g/mol. The number of fused-ring (bicyclic) bond motifs is 1. The highest BCUT2D eigenvalue weighted by Gasteiger charge is 2.21. The maximum absolute atomic E-state index is 5.22. The summed E-state index contributed by atoms with van der Waals surface area (Å²) in [6.45, 7) is 1.95. The molecule has 2 aromatic carbocycles. The summed E-state index contributed by atoms with van der Waals surface area (Å²) in [5, 5.41) is 3.62. The number of benzene rings is 2. The Balaban J connectivity index is 1.47. The van der Waals surface area contributed by atoms with Crippen LogP contribution in [0.25, 0.3) is 11.0 Å². The van der Waals surface area contributed by atoms with Crippen molar-refractivity contribution in [3.05, 3.63) is 54.7 Å². The molecular formula is C20H22N4O. The van der Waals surface area contributed by atoms with Gasteiger partial charge >= 0.3 is 0 Å². The van der Waals surface area contributed by atoms with Gasteiger partial charge in [-0.25, -0.2) is 4.98 Å². The van der Waals surface area contributed by atoms with E-state index < -0.39 is 0 Å². The van der Waals surface area contributed by atoms with Gasteiger partial charge in [0.05, 0.1) is 24.3 Å². The van der Waals surface area contributed by atoms with Gasteiger partial charge < -0.3 is 15.0 Å². The molecule has 0 saturated carbocycles. The molecule has 1 N–H and O–H groups in total. The molecule has 0 unspecified atom stereocenters. The molecule has 1 saturated heterocycles. The number of methoxy groups -OCH3 is 1. The second-order valence-electron chi connectivity index (χ2n) is 6.37. The molecule has 1 aliphatic rings. The Labute approximate surface area is 147 Å². The van der Waals surface area contributed by atoms with E-state index in [9.17, 15) is 0 Å². The zero-order valence-electron chi connectivity index (χ0n) is 14.4. The second kappa shape index (κ2) is 6.97. The van der Waals surface area contributed by atoms with E-state index in [1.165, 1.54) is 0 Å². The summed E-state index contributed by atoms with van der Waals surface area (Å²) in [4.78, 5) is 11.7. The van der Waals surface area contributed by atoms with Crippen LogP contribution in [0.2, 0.25) is 0 Å². The van der Waals surface area contributed by atoms with Crippen molar-refractivity contribution < 1.29 is 4.74 Å². The van der Waals surface area contributed by atoms with E-state index in [0.29, 0.717) is 6.04 Å². The quantitative estimate of drug-likeness (QED) is 0.788. The lowest BCUT2D eigenvalue weighted by atomic mass is 10.1. The highest BCUT2D eigenvalue weighted by molar-refractivity contribution is 5.75. The van der Waals surface area contributed by atoms with Gasteiger partial charge in [0.15, 0.2) is 0 Å². The van der Waals surface area contributed by atoms with Crippen LogP contribution in [0.4, 0.5) is 11.5 Å². The third kappa shape index (κ3) is 3.50. The molecule has 1 aromatic heterocycles. The van der Waals surface area contributed by atoms with Crippen molar-refractivity contribution >= 4 is 22.5 Å². The van der Waals surface area contributed by atoms with Gasteiger partial charge in [-0.1, -0.05) is 12.1 Å². The van der Waals surface area contributed by atoms with Crippen LogP contribution in [-0.2, 0) is 0 Å². The minimum atomic E-state index is 0.399. The van der Waals surface area contributed by atoms with E-state index in [0.717, 1.165) is 54.2 Å². The number of nitrogens with one attached hydrogen (secondary N) is 1. The van der Waals surface area contributed by atoms with Gasteiger partial charge in [0.2, 0.25) is 0 Å². The summed E-state index contributed by atoms with van der Waals surface area (Å²) in [7, 11) is 1.69. The van der Waals surface area contributed by atoms with Gasteiger partial charge in [0.25, 0.3) is 0 Å². The maximum Gasteiger partial charge on any atom is 0.147 e. The van der Waals surface area contributed by atoms with Crippen LogP contribution in [0.5, 0.6) is 5.75 Å². The van der Waals surface area contributed by atoms with Crippen molar-refractivity contribution in [3.63, 3.8) is 0 Å². The van der Waals surface area contributed by atoms with E-state index in [1.807, 2.05) is 42.6 Å². The maximum atomic E-state index is 5.22. The number of hydrogen-bond acceptors (Lipinski definition) is 5.